The largest absolute Gasteiger partial charge is 0.335 e. The highest BCUT2D eigenvalue weighted by Crippen LogP contribution is 2.45. The van der Waals surface area contributed by atoms with Crippen LogP contribution in [-0.2, 0) is 9.59 Å². The van der Waals surface area contributed by atoms with Gasteiger partial charge in [0.05, 0.1) is 5.69 Å². The first-order chi connectivity index (χ1) is 9.45. The molecule has 7 heteroatoms. The number of urea groups is 1. The van der Waals surface area contributed by atoms with Gasteiger partial charge in [0.1, 0.15) is 11.2 Å². The summed E-state index contributed by atoms with van der Waals surface area (Å²) >= 11 is 5.65. The third-order valence-electron chi connectivity index (χ3n) is 3.83. The first-order valence-corrected chi connectivity index (χ1v) is 6.48. The lowest BCUT2D eigenvalue weighted by Gasteiger charge is -2.44. The summed E-state index contributed by atoms with van der Waals surface area (Å²) in [6, 6.07) is 2.71. The predicted octanol–water partition coefficient (Wildman–Crippen LogP) is 2.23. The van der Waals surface area contributed by atoms with E-state index < -0.39 is 29.1 Å². The molecular weight excluding hydrogens is 287 g/mol. The number of nitrogens with one attached hydrogen (secondary N) is 1. The minimum absolute atomic E-state index is 0.158. The van der Waals surface area contributed by atoms with E-state index in [2.05, 4.69) is 5.32 Å². The maximum atomic E-state index is 13.9. The molecule has 20 heavy (non-hydrogen) atoms. The van der Waals surface area contributed by atoms with Crippen molar-refractivity contribution in [2.45, 2.75) is 19.3 Å². The van der Waals surface area contributed by atoms with Gasteiger partial charge in [0.25, 0.3) is 5.91 Å². The molecule has 1 heterocycles. The average molecular weight is 297 g/mol. The second-order valence-electron chi connectivity index (χ2n) is 4.93. The van der Waals surface area contributed by atoms with Gasteiger partial charge in [-0.3, -0.25) is 14.9 Å². The molecule has 0 radical (unpaired) electrons. The van der Waals surface area contributed by atoms with E-state index in [1.165, 1.54) is 12.1 Å². The smallest absolute Gasteiger partial charge is 0.276 e. The predicted molar refractivity (Wildman–Crippen MR) is 68.7 cm³/mol. The molecule has 1 aromatic carbocycles. The van der Waals surface area contributed by atoms with Crippen LogP contribution in [0.5, 0.6) is 0 Å². The number of hydrogen-bond acceptors (Lipinski definition) is 3. The lowest BCUT2D eigenvalue weighted by molar-refractivity contribution is -0.148. The molecule has 1 saturated heterocycles. The van der Waals surface area contributed by atoms with Crippen LogP contribution in [0.4, 0.5) is 14.9 Å². The van der Waals surface area contributed by atoms with Crippen molar-refractivity contribution in [1.82, 2.24) is 5.32 Å². The van der Waals surface area contributed by atoms with Crippen LogP contribution in [-0.4, -0.2) is 17.8 Å². The van der Waals surface area contributed by atoms with Gasteiger partial charge in [0.2, 0.25) is 5.91 Å². The van der Waals surface area contributed by atoms with Crippen LogP contribution in [0.3, 0.4) is 0 Å². The third kappa shape index (κ3) is 1.64. The molecule has 1 spiro atoms. The van der Waals surface area contributed by atoms with Gasteiger partial charge in [-0.1, -0.05) is 18.0 Å². The lowest BCUT2D eigenvalue weighted by atomic mass is 9.66. The number of amides is 4. The van der Waals surface area contributed by atoms with Gasteiger partial charge >= 0.3 is 6.03 Å². The highest BCUT2D eigenvalue weighted by atomic mass is 35.5. The topological polar surface area (TPSA) is 66.5 Å². The minimum atomic E-state index is -1.22. The molecule has 0 atom stereocenters. The summed E-state index contributed by atoms with van der Waals surface area (Å²) in [4.78, 5) is 36.8. The number of rotatable bonds is 1. The molecule has 0 unspecified atom stereocenters. The molecule has 1 aliphatic heterocycles. The molecule has 3 rings (SSSR count). The summed E-state index contributed by atoms with van der Waals surface area (Å²) < 4.78 is 13.9. The molecule has 1 aliphatic carbocycles. The highest BCUT2D eigenvalue weighted by Gasteiger charge is 2.57. The molecule has 1 saturated carbocycles. The van der Waals surface area contributed by atoms with Crippen molar-refractivity contribution in [3.05, 3.63) is 29.0 Å². The van der Waals surface area contributed by atoms with Crippen molar-refractivity contribution in [1.29, 1.82) is 0 Å². The summed E-state index contributed by atoms with van der Waals surface area (Å²) in [6.45, 7) is 0. The van der Waals surface area contributed by atoms with E-state index in [0.29, 0.717) is 17.7 Å². The van der Waals surface area contributed by atoms with Crippen molar-refractivity contribution in [3.63, 3.8) is 0 Å². The maximum absolute atomic E-state index is 13.9. The van der Waals surface area contributed by atoms with Crippen LogP contribution >= 0.6 is 11.6 Å². The zero-order valence-corrected chi connectivity index (χ0v) is 11.0. The minimum Gasteiger partial charge on any atom is -0.276 e. The second-order valence-corrected chi connectivity index (χ2v) is 5.37. The first kappa shape index (κ1) is 13.1. The Morgan fingerprint density at radius 3 is 2.50 bits per heavy atom. The Morgan fingerprint density at radius 2 is 1.95 bits per heavy atom. The van der Waals surface area contributed by atoms with Gasteiger partial charge < -0.3 is 0 Å². The van der Waals surface area contributed by atoms with Crippen molar-refractivity contribution >= 4 is 35.1 Å². The van der Waals surface area contributed by atoms with Gasteiger partial charge in [0.15, 0.2) is 0 Å². The van der Waals surface area contributed by atoms with Crippen LogP contribution in [0, 0.1) is 11.2 Å². The molecular formula is C13H10ClFN2O3. The molecule has 5 nitrogen and oxygen atoms in total. The van der Waals surface area contributed by atoms with Crippen molar-refractivity contribution in [2.75, 3.05) is 4.90 Å². The SMILES string of the molecule is O=C1NC(=O)C2(CCC2)C(=O)N1c1ccc(Cl)cc1F. The summed E-state index contributed by atoms with van der Waals surface area (Å²) in [5.41, 5.74) is -1.42. The van der Waals surface area contributed by atoms with Crippen LogP contribution < -0.4 is 10.2 Å². The zero-order chi connectivity index (χ0) is 14.5. The fourth-order valence-electron chi connectivity index (χ4n) is 2.53. The van der Waals surface area contributed by atoms with Crippen LogP contribution in [0.2, 0.25) is 5.02 Å². The van der Waals surface area contributed by atoms with Gasteiger partial charge in [-0.05, 0) is 31.0 Å². The summed E-state index contributed by atoms with van der Waals surface area (Å²) in [7, 11) is 0. The number of anilines is 1. The third-order valence-corrected chi connectivity index (χ3v) is 4.06. The summed E-state index contributed by atoms with van der Waals surface area (Å²) in [5.74, 6) is -2.05. The lowest BCUT2D eigenvalue weighted by Crippen LogP contribution is -2.66. The molecule has 1 N–H and O–H groups in total. The highest BCUT2D eigenvalue weighted by molar-refractivity contribution is 6.32. The molecule has 1 aromatic rings. The Hall–Kier alpha value is -1.95. The second kappa shape index (κ2) is 4.28. The Labute approximate surface area is 118 Å². The van der Waals surface area contributed by atoms with E-state index in [9.17, 15) is 18.8 Å². The average Bonchev–Trinajstić information content (AvgIpc) is 2.29. The zero-order valence-electron chi connectivity index (χ0n) is 10.3. The van der Waals surface area contributed by atoms with Crippen molar-refractivity contribution in [3.8, 4) is 0 Å². The number of halogens is 2. The van der Waals surface area contributed by atoms with Gasteiger partial charge in [-0.25, -0.2) is 14.1 Å². The Bertz CT molecular complexity index is 643. The van der Waals surface area contributed by atoms with E-state index in [1.54, 1.807) is 0 Å². The normalized spacial score (nSPS) is 20.9. The van der Waals surface area contributed by atoms with Gasteiger partial charge in [-0.15, -0.1) is 0 Å². The van der Waals surface area contributed by atoms with E-state index >= 15 is 0 Å². The number of nitrogens with zero attached hydrogens (tertiary/aromatic N) is 1. The first-order valence-electron chi connectivity index (χ1n) is 6.11. The van der Waals surface area contributed by atoms with Crippen LogP contribution in [0.1, 0.15) is 19.3 Å². The molecule has 104 valence electrons. The van der Waals surface area contributed by atoms with Crippen LogP contribution in [0.15, 0.2) is 18.2 Å². The maximum Gasteiger partial charge on any atom is 0.335 e. The number of benzene rings is 1. The molecule has 2 fully saturated rings. The number of imide groups is 2. The number of barbiturate groups is 1. The monoisotopic (exact) mass is 296 g/mol. The van der Waals surface area contributed by atoms with E-state index in [0.717, 1.165) is 12.5 Å². The Morgan fingerprint density at radius 1 is 1.25 bits per heavy atom. The van der Waals surface area contributed by atoms with Crippen molar-refractivity contribution < 1.29 is 18.8 Å². The quantitative estimate of drug-likeness (QED) is 0.808. The van der Waals surface area contributed by atoms with Gasteiger partial charge in [-0.2, -0.15) is 0 Å². The fourth-order valence-corrected chi connectivity index (χ4v) is 2.69. The summed E-state index contributed by atoms with van der Waals surface area (Å²) in [6.07, 6.45) is 1.47. The number of carbonyl (C=O) groups excluding carboxylic acids is 3. The van der Waals surface area contributed by atoms with E-state index in [4.69, 9.17) is 11.6 Å². The van der Waals surface area contributed by atoms with E-state index in [1.807, 2.05) is 0 Å². The van der Waals surface area contributed by atoms with Crippen molar-refractivity contribution in [2.24, 2.45) is 5.41 Å². The van der Waals surface area contributed by atoms with Crippen LogP contribution in [0.25, 0.3) is 0 Å². The Balaban J connectivity index is 2.05. The standard InChI is InChI=1S/C13H10ClFN2O3/c14-7-2-3-9(8(15)6-7)17-11(19)13(4-1-5-13)10(18)16-12(17)20/h2-3,6H,1,4-5H2,(H,16,18,20). The molecule has 4 amide bonds. The molecule has 0 aromatic heterocycles. The Kier molecular flexibility index (Phi) is 2.79. The number of carbonyl (C=O) groups is 3. The molecule has 2 aliphatic rings. The fraction of sp³-hybridized carbons (Fsp3) is 0.308. The van der Waals surface area contributed by atoms with Gasteiger partial charge in [0, 0.05) is 5.02 Å². The van der Waals surface area contributed by atoms with E-state index in [-0.39, 0.29) is 10.7 Å². The molecule has 0 bridgehead atoms. The summed E-state index contributed by atoms with van der Waals surface area (Å²) in [5, 5.41) is 2.28. The number of hydrogen-bond donors (Lipinski definition) is 1.